The molecule has 1 saturated heterocycles. The van der Waals surface area contributed by atoms with Crippen molar-refractivity contribution in [1.82, 2.24) is 30.8 Å². The third-order valence-electron chi connectivity index (χ3n) is 12.9. The average molecular weight is 749 g/mol. The van der Waals surface area contributed by atoms with E-state index in [1.165, 1.54) is 25.0 Å². The normalized spacial score (nSPS) is 24.5. The highest BCUT2D eigenvalue weighted by Gasteiger charge is 2.52. The number of rotatable bonds is 15. The van der Waals surface area contributed by atoms with Crippen LogP contribution in [0.1, 0.15) is 148 Å². The molecule has 298 valence electrons. The van der Waals surface area contributed by atoms with Crippen LogP contribution in [-0.4, -0.2) is 80.8 Å². The smallest absolute Gasteiger partial charge is 0.289 e. The van der Waals surface area contributed by atoms with E-state index in [-0.39, 0.29) is 47.6 Å². The van der Waals surface area contributed by atoms with Crippen LogP contribution >= 0.6 is 0 Å². The minimum Gasteiger partial charge on any atom is -0.347 e. The van der Waals surface area contributed by atoms with Crippen molar-refractivity contribution in [3.8, 4) is 0 Å². The van der Waals surface area contributed by atoms with Gasteiger partial charge < -0.3 is 20.9 Å². The molecule has 0 aromatic carbocycles. The first-order chi connectivity index (χ1) is 25.8. The molecule has 5 rings (SSSR count). The molecule has 12 heteroatoms. The summed E-state index contributed by atoms with van der Waals surface area (Å²) in [6, 6.07) is -2.70. The van der Waals surface area contributed by atoms with Gasteiger partial charge in [0.2, 0.25) is 17.6 Å². The van der Waals surface area contributed by atoms with E-state index in [1.807, 2.05) is 34.6 Å². The molecule has 4 amide bonds. The zero-order chi connectivity index (χ0) is 39.0. The summed E-state index contributed by atoms with van der Waals surface area (Å²) in [7, 11) is 0. The van der Waals surface area contributed by atoms with Crippen molar-refractivity contribution in [3.05, 3.63) is 24.3 Å². The molecule has 1 aromatic rings. The predicted octanol–water partition coefficient (Wildman–Crippen LogP) is 5.34. The number of fused-ring (bicyclic) bond motifs is 1. The summed E-state index contributed by atoms with van der Waals surface area (Å²) in [5.74, 6) is -3.05. The van der Waals surface area contributed by atoms with Crippen LogP contribution in [0.15, 0.2) is 18.6 Å². The van der Waals surface area contributed by atoms with Crippen molar-refractivity contribution in [1.29, 1.82) is 0 Å². The van der Waals surface area contributed by atoms with E-state index >= 15 is 0 Å². The van der Waals surface area contributed by atoms with E-state index in [2.05, 4.69) is 25.9 Å². The highest BCUT2D eigenvalue weighted by Crippen LogP contribution is 2.44. The SMILES string of the molecule is CCC[C@H](NC(=O)[C@@H]1[C@H]2CCC[C@H]2CN1C(=O)[C@@H](CC(=O)[C@@H](NC(=O)c1cnccn1)C1CCCCC1)C(C)(C)C)C(=O)C(=O)N[C@@H](C)C1CCCCC1. The number of carbonyl (C=O) groups excluding carboxylic acids is 6. The largest absolute Gasteiger partial charge is 0.347 e. The van der Waals surface area contributed by atoms with Crippen molar-refractivity contribution in [2.45, 2.75) is 162 Å². The van der Waals surface area contributed by atoms with Gasteiger partial charge in [-0.05, 0) is 81.0 Å². The number of nitrogens with zero attached hydrogens (tertiary/aromatic N) is 3. The number of likely N-dealkylation sites (tertiary alicyclic amines) is 1. The Kier molecular flexibility index (Phi) is 14.4. The number of ketones is 2. The molecule has 4 aliphatic rings. The number of hydrogen-bond donors (Lipinski definition) is 3. The Labute approximate surface area is 321 Å². The Balaban J connectivity index is 1.33. The summed E-state index contributed by atoms with van der Waals surface area (Å²) in [5.41, 5.74) is -0.506. The second-order valence-electron chi connectivity index (χ2n) is 17.7. The molecule has 12 nitrogen and oxygen atoms in total. The lowest BCUT2D eigenvalue weighted by Gasteiger charge is -2.37. The first-order valence-electron chi connectivity index (χ1n) is 20.8. The Morgan fingerprint density at radius 2 is 1.50 bits per heavy atom. The fourth-order valence-corrected chi connectivity index (χ4v) is 9.72. The number of carbonyl (C=O) groups is 6. The molecule has 2 heterocycles. The van der Waals surface area contributed by atoms with Crippen molar-refractivity contribution < 1.29 is 28.8 Å². The minimum atomic E-state index is -0.993. The molecule has 7 atom stereocenters. The molecular formula is C42H64N6O6. The summed E-state index contributed by atoms with van der Waals surface area (Å²) in [6.45, 7) is 10.1. The number of Topliss-reactive ketones (excluding diaryl/α,β-unsaturated/α-hetero) is 2. The first-order valence-corrected chi connectivity index (χ1v) is 20.8. The van der Waals surface area contributed by atoms with Gasteiger partial charge in [-0.3, -0.25) is 33.8 Å². The van der Waals surface area contributed by atoms with Crippen LogP contribution in [0.5, 0.6) is 0 Å². The lowest BCUT2D eigenvalue weighted by Crippen LogP contribution is -2.57. The Bertz CT molecular complexity index is 1480. The second-order valence-corrected chi connectivity index (χ2v) is 17.7. The third kappa shape index (κ3) is 10.1. The second kappa shape index (κ2) is 18.8. The van der Waals surface area contributed by atoms with Gasteiger partial charge in [0.1, 0.15) is 11.7 Å². The predicted molar refractivity (Wildman–Crippen MR) is 205 cm³/mol. The van der Waals surface area contributed by atoms with Gasteiger partial charge in [0.25, 0.3) is 11.8 Å². The van der Waals surface area contributed by atoms with Crippen LogP contribution in [0, 0.1) is 35.0 Å². The summed E-state index contributed by atoms with van der Waals surface area (Å²) in [6.07, 6.45) is 17.9. The van der Waals surface area contributed by atoms with Gasteiger partial charge >= 0.3 is 0 Å². The lowest BCUT2D eigenvalue weighted by atomic mass is 9.74. The van der Waals surface area contributed by atoms with Crippen LogP contribution < -0.4 is 16.0 Å². The van der Waals surface area contributed by atoms with Gasteiger partial charge in [-0.1, -0.05) is 79.1 Å². The summed E-state index contributed by atoms with van der Waals surface area (Å²) < 4.78 is 0. The maximum absolute atomic E-state index is 14.8. The van der Waals surface area contributed by atoms with Crippen molar-refractivity contribution in [2.75, 3.05) is 6.54 Å². The van der Waals surface area contributed by atoms with E-state index in [0.29, 0.717) is 25.3 Å². The van der Waals surface area contributed by atoms with Gasteiger partial charge in [-0.2, -0.15) is 0 Å². The summed E-state index contributed by atoms with van der Waals surface area (Å²) in [5, 5.41) is 8.83. The van der Waals surface area contributed by atoms with Gasteiger partial charge in [-0.25, -0.2) is 4.98 Å². The lowest BCUT2D eigenvalue weighted by molar-refractivity contribution is -0.148. The number of hydrogen-bond acceptors (Lipinski definition) is 8. The van der Waals surface area contributed by atoms with Gasteiger partial charge in [0, 0.05) is 37.3 Å². The fraction of sp³-hybridized carbons (Fsp3) is 0.762. The van der Waals surface area contributed by atoms with Crippen molar-refractivity contribution in [3.63, 3.8) is 0 Å². The van der Waals surface area contributed by atoms with Gasteiger partial charge in [-0.15, -0.1) is 0 Å². The molecule has 3 N–H and O–H groups in total. The van der Waals surface area contributed by atoms with Crippen LogP contribution in [0.2, 0.25) is 0 Å². The van der Waals surface area contributed by atoms with Gasteiger partial charge in [0.15, 0.2) is 5.78 Å². The molecule has 0 bridgehead atoms. The van der Waals surface area contributed by atoms with E-state index in [9.17, 15) is 28.8 Å². The molecule has 1 aliphatic heterocycles. The van der Waals surface area contributed by atoms with E-state index in [4.69, 9.17) is 0 Å². The summed E-state index contributed by atoms with van der Waals surface area (Å²) >= 11 is 0. The molecule has 4 fully saturated rings. The topological polar surface area (TPSA) is 168 Å². The van der Waals surface area contributed by atoms with Crippen LogP contribution in [0.3, 0.4) is 0 Å². The van der Waals surface area contributed by atoms with E-state index in [1.54, 1.807) is 4.90 Å². The Hall–Kier alpha value is -3.70. The number of amides is 4. The van der Waals surface area contributed by atoms with E-state index in [0.717, 1.165) is 77.0 Å². The highest BCUT2D eigenvalue weighted by atomic mass is 16.2. The molecule has 3 aliphatic carbocycles. The Morgan fingerprint density at radius 3 is 2.11 bits per heavy atom. The molecule has 0 unspecified atom stereocenters. The molecular weight excluding hydrogens is 684 g/mol. The molecule has 0 radical (unpaired) electrons. The first kappa shape index (κ1) is 41.5. The van der Waals surface area contributed by atoms with E-state index < -0.39 is 53.0 Å². The fourth-order valence-electron chi connectivity index (χ4n) is 9.72. The van der Waals surface area contributed by atoms with Gasteiger partial charge in [0.05, 0.1) is 18.3 Å². The quantitative estimate of drug-likeness (QED) is 0.202. The standard InChI is InChI=1S/C42H64N6O6/c1-6-14-32(37(50)40(53)45-26(2)27-15-9-7-10-16-27)46-39(52)36-30-20-13-19-29(30)25-48(36)41(54)31(42(3,4)5)23-34(49)35(28-17-11-8-12-18-28)47-38(51)33-24-43-21-22-44-33/h21-22,24,26-32,35-36H,6-20,23,25H2,1-5H3,(H,45,53)(H,46,52)(H,47,51)/t26-,29-,30-,31+,32-,35-,36-/m0/s1. The zero-order valence-electron chi connectivity index (χ0n) is 33.2. The summed E-state index contributed by atoms with van der Waals surface area (Å²) in [4.78, 5) is 93.4. The highest BCUT2D eigenvalue weighted by molar-refractivity contribution is 6.38. The van der Waals surface area contributed by atoms with Crippen LogP contribution in [0.4, 0.5) is 0 Å². The maximum atomic E-state index is 14.8. The van der Waals surface area contributed by atoms with Crippen LogP contribution in [-0.2, 0) is 24.0 Å². The zero-order valence-corrected chi connectivity index (χ0v) is 33.2. The average Bonchev–Trinajstić information content (AvgIpc) is 3.77. The third-order valence-corrected chi connectivity index (χ3v) is 12.9. The monoisotopic (exact) mass is 748 g/mol. The number of aromatic nitrogens is 2. The number of nitrogens with one attached hydrogen (secondary N) is 3. The van der Waals surface area contributed by atoms with Crippen LogP contribution in [0.25, 0.3) is 0 Å². The van der Waals surface area contributed by atoms with Crippen molar-refractivity contribution in [2.24, 2.45) is 35.0 Å². The molecule has 0 spiro atoms. The minimum absolute atomic E-state index is 0.0526. The maximum Gasteiger partial charge on any atom is 0.289 e. The molecule has 1 aromatic heterocycles. The molecule has 3 saturated carbocycles. The molecule has 54 heavy (non-hydrogen) atoms. The van der Waals surface area contributed by atoms with Crippen molar-refractivity contribution >= 4 is 35.2 Å². The Morgan fingerprint density at radius 1 is 0.833 bits per heavy atom.